The van der Waals surface area contributed by atoms with Crippen molar-refractivity contribution < 1.29 is 4.79 Å². The Bertz CT molecular complexity index is 997. The Labute approximate surface area is 157 Å². The highest BCUT2D eigenvalue weighted by Gasteiger charge is 2.42. The summed E-state index contributed by atoms with van der Waals surface area (Å²) in [6.45, 7) is 2.68. The fraction of sp³-hybridized carbons (Fsp3) is 0.333. The number of rotatable bonds is 2. The SMILES string of the molecule is Cc1cccnc1C(=O)N1C2CCC1Cn1c(nnc1-c1ccccc1)C2. The van der Waals surface area contributed by atoms with Crippen molar-refractivity contribution in [3.8, 4) is 11.4 Å². The first-order chi connectivity index (χ1) is 13.2. The number of amides is 1. The summed E-state index contributed by atoms with van der Waals surface area (Å²) < 4.78 is 2.20. The molecular formula is C21H21N5O. The molecule has 6 heteroatoms. The third kappa shape index (κ3) is 2.63. The monoisotopic (exact) mass is 359 g/mol. The van der Waals surface area contributed by atoms with E-state index in [1.165, 1.54) is 0 Å². The van der Waals surface area contributed by atoms with Gasteiger partial charge in [-0.15, -0.1) is 10.2 Å². The summed E-state index contributed by atoms with van der Waals surface area (Å²) in [5.41, 5.74) is 2.55. The number of carbonyl (C=O) groups is 1. The Morgan fingerprint density at radius 3 is 2.67 bits per heavy atom. The van der Waals surface area contributed by atoms with E-state index >= 15 is 0 Å². The predicted octanol–water partition coefficient (Wildman–Crippen LogP) is 2.88. The van der Waals surface area contributed by atoms with Crippen LogP contribution in [-0.4, -0.2) is 42.6 Å². The first-order valence-corrected chi connectivity index (χ1v) is 9.44. The zero-order valence-corrected chi connectivity index (χ0v) is 15.2. The summed E-state index contributed by atoms with van der Waals surface area (Å²) in [5, 5.41) is 8.90. The molecule has 2 aliphatic rings. The van der Waals surface area contributed by atoms with E-state index < -0.39 is 0 Å². The van der Waals surface area contributed by atoms with Crippen LogP contribution in [0.25, 0.3) is 11.4 Å². The minimum Gasteiger partial charge on any atom is -0.329 e. The van der Waals surface area contributed by atoms with Gasteiger partial charge in [-0.2, -0.15) is 0 Å². The van der Waals surface area contributed by atoms with Crippen molar-refractivity contribution in [2.24, 2.45) is 0 Å². The highest BCUT2D eigenvalue weighted by molar-refractivity contribution is 5.94. The molecule has 0 saturated carbocycles. The normalized spacial score (nSPS) is 21.0. The molecule has 1 amide bonds. The van der Waals surface area contributed by atoms with Crippen LogP contribution in [0.3, 0.4) is 0 Å². The largest absolute Gasteiger partial charge is 0.329 e. The molecule has 0 aliphatic carbocycles. The van der Waals surface area contributed by atoms with Crippen LogP contribution in [0.5, 0.6) is 0 Å². The molecule has 1 saturated heterocycles. The standard InChI is InChI=1S/C21H21N5O/c1-14-6-5-11-22-19(14)21(27)26-16-9-10-17(26)13-25-18(12-16)23-24-20(25)15-7-3-2-4-8-15/h2-8,11,16-17H,9-10,12-13H2,1H3. The molecule has 2 bridgehead atoms. The van der Waals surface area contributed by atoms with Gasteiger partial charge >= 0.3 is 0 Å². The molecule has 2 aliphatic heterocycles. The van der Waals surface area contributed by atoms with Gasteiger partial charge in [-0.25, -0.2) is 0 Å². The summed E-state index contributed by atoms with van der Waals surface area (Å²) in [7, 11) is 0. The Hall–Kier alpha value is -3.02. The van der Waals surface area contributed by atoms with Crippen LogP contribution >= 0.6 is 0 Å². The summed E-state index contributed by atoms with van der Waals surface area (Å²) in [5.74, 6) is 1.90. The smallest absolute Gasteiger partial charge is 0.273 e. The number of benzene rings is 1. The highest BCUT2D eigenvalue weighted by atomic mass is 16.2. The van der Waals surface area contributed by atoms with Crippen molar-refractivity contribution in [3.05, 3.63) is 65.7 Å². The van der Waals surface area contributed by atoms with Crippen LogP contribution in [0.1, 0.15) is 34.7 Å². The number of fused-ring (bicyclic) bond motifs is 3. The van der Waals surface area contributed by atoms with Gasteiger partial charge in [0.25, 0.3) is 5.91 Å². The van der Waals surface area contributed by atoms with Crippen LogP contribution in [0.2, 0.25) is 0 Å². The summed E-state index contributed by atoms with van der Waals surface area (Å²) >= 11 is 0. The summed E-state index contributed by atoms with van der Waals surface area (Å²) in [6, 6.07) is 14.3. The molecule has 27 heavy (non-hydrogen) atoms. The molecule has 0 spiro atoms. The number of hydrogen-bond donors (Lipinski definition) is 0. The van der Waals surface area contributed by atoms with E-state index in [1.807, 2.05) is 37.3 Å². The van der Waals surface area contributed by atoms with Gasteiger partial charge in [0, 0.05) is 30.8 Å². The lowest BCUT2D eigenvalue weighted by atomic mass is 10.1. The van der Waals surface area contributed by atoms with Crippen molar-refractivity contribution in [2.75, 3.05) is 0 Å². The molecule has 0 N–H and O–H groups in total. The van der Waals surface area contributed by atoms with Gasteiger partial charge in [-0.05, 0) is 31.4 Å². The summed E-state index contributed by atoms with van der Waals surface area (Å²) in [4.78, 5) is 19.7. The predicted molar refractivity (Wildman–Crippen MR) is 101 cm³/mol. The van der Waals surface area contributed by atoms with Crippen molar-refractivity contribution in [3.63, 3.8) is 0 Å². The van der Waals surface area contributed by atoms with Crippen molar-refractivity contribution >= 4 is 5.91 Å². The Balaban J connectivity index is 1.51. The lowest BCUT2D eigenvalue weighted by Gasteiger charge is -2.28. The lowest BCUT2D eigenvalue weighted by molar-refractivity contribution is 0.0659. The third-order valence-electron chi connectivity index (χ3n) is 5.74. The Morgan fingerprint density at radius 1 is 1.04 bits per heavy atom. The fourth-order valence-corrected chi connectivity index (χ4v) is 4.40. The number of nitrogens with zero attached hydrogens (tertiary/aromatic N) is 5. The van der Waals surface area contributed by atoms with Gasteiger partial charge in [0.2, 0.25) is 0 Å². The molecule has 136 valence electrons. The molecule has 3 aromatic rings. The maximum atomic E-state index is 13.3. The van der Waals surface area contributed by atoms with E-state index in [9.17, 15) is 4.79 Å². The van der Waals surface area contributed by atoms with E-state index in [1.54, 1.807) is 6.20 Å². The fourth-order valence-electron chi connectivity index (χ4n) is 4.40. The molecule has 2 atom stereocenters. The summed E-state index contributed by atoms with van der Waals surface area (Å²) in [6.07, 6.45) is 4.46. The van der Waals surface area contributed by atoms with Crippen LogP contribution in [0.15, 0.2) is 48.7 Å². The third-order valence-corrected chi connectivity index (χ3v) is 5.74. The molecule has 6 nitrogen and oxygen atoms in total. The average molecular weight is 359 g/mol. The Kier molecular flexibility index (Phi) is 3.77. The second-order valence-electron chi connectivity index (χ2n) is 7.39. The van der Waals surface area contributed by atoms with Crippen LogP contribution in [0, 0.1) is 6.92 Å². The van der Waals surface area contributed by atoms with Crippen LogP contribution in [0.4, 0.5) is 0 Å². The van der Waals surface area contributed by atoms with E-state index in [0.717, 1.165) is 48.6 Å². The van der Waals surface area contributed by atoms with Gasteiger partial charge in [0.1, 0.15) is 11.5 Å². The number of aryl methyl sites for hydroxylation is 1. The molecule has 2 aromatic heterocycles. The van der Waals surface area contributed by atoms with Gasteiger partial charge in [-0.3, -0.25) is 9.78 Å². The molecule has 4 heterocycles. The number of pyridine rings is 1. The Morgan fingerprint density at radius 2 is 1.85 bits per heavy atom. The molecular weight excluding hydrogens is 338 g/mol. The topological polar surface area (TPSA) is 63.9 Å². The zero-order chi connectivity index (χ0) is 18.4. The number of aromatic nitrogens is 4. The maximum absolute atomic E-state index is 13.3. The van der Waals surface area contributed by atoms with E-state index in [-0.39, 0.29) is 18.0 Å². The second kappa shape index (κ2) is 6.30. The van der Waals surface area contributed by atoms with Gasteiger partial charge in [-0.1, -0.05) is 36.4 Å². The molecule has 5 rings (SSSR count). The minimum absolute atomic E-state index is 0.0422. The van der Waals surface area contributed by atoms with E-state index in [4.69, 9.17) is 0 Å². The van der Waals surface area contributed by atoms with Crippen molar-refractivity contribution in [1.82, 2.24) is 24.6 Å². The van der Waals surface area contributed by atoms with E-state index in [0.29, 0.717) is 5.69 Å². The molecule has 0 radical (unpaired) electrons. The van der Waals surface area contributed by atoms with Crippen molar-refractivity contribution in [2.45, 2.75) is 44.8 Å². The highest BCUT2D eigenvalue weighted by Crippen LogP contribution is 2.34. The van der Waals surface area contributed by atoms with Gasteiger partial charge in [0.05, 0.1) is 6.04 Å². The second-order valence-corrected chi connectivity index (χ2v) is 7.39. The first kappa shape index (κ1) is 16.2. The van der Waals surface area contributed by atoms with Crippen molar-refractivity contribution in [1.29, 1.82) is 0 Å². The van der Waals surface area contributed by atoms with Crippen LogP contribution in [-0.2, 0) is 13.0 Å². The number of hydrogen-bond acceptors (Lipinski definition) is 4. The minimum atomic E-state index is 0.0422. The maximum Gasteiger partial charge on any atom is 0.273 e. The zero-order valence-electron chi connectivity index (χ0n) is 15.2. The average Bonchev–Trinajstić information content (AvgIpc) is 3.22. The molecule has 1 aromatic carbocycles. The molecule has 2 unspecified atom stereocenters. The lowest BCUT2D eigenvalue weighted by Crippen LogP contribution is -2.42. The van der Waals surface area contributed by atoms with Crippen LogP contribution < -0.4 is 0 Å². The first-order valence-electron chi connectivity index (χ1n) is 9.44. The molecule has 1 fully saturated rings. The number of carbonyl (C=O) groups excluding carboxylic acids is 1. The van der Waals surface area contributed by atoms with E-state index in [2.05, 4.69) is 36.8 Å². The van der Waals surface area contributed by atoms with Gasteiger partial charge < -0.3 is 9.47 Å². The quantitative estimate of drug-likeness (QED) is 0.706. The van der Waals surface area contributed by atoms with Gasteiger partial charge in [0.15, 0.2) is 5.82 Å².